The van der Waals surface area contributed by atoms with Gasteiger partial charge in [-0.05, 0) is 54.8 Å². The molecule has 0 aliphatic carbocycles. The number of methoxy groups -OCH3 is 1. The van der Waals surface area contributed by atoms with Crippen molar-refractivity contribution in [3.8, 4) is 11.5 Å². The van der Waals surface area contributed by atoms with Crippen molar-refractivity contribution in [2.45, 2.75) is 18.7 Å². The minimum atomic E-state index is -4.04. The molecule has 0 fully saturated rings. The van der Waals surface area contributed by atoms with Crippen molar-refractivity contribution < 1.29 is 17.3 Å². The van der Waals surface area contributed by atoms with E-state index in [1.807, 2.05) is 73.7 Å². The molecule has 182 valence electrons. The Morgan fingerprint density at radius 1 is 0.778 bits per heavy atom. The summed E-state index contributed by atoms with van der Waals surface area (Å²) in [5.41, 5.74) is 4.73. The Morgan fingerprint density at radius 2 is 1.42 bits per heavy atom. The Balaban J connectivity index is 1.61. The van der Waals surface area contributed by atoms with Gasteiger partial charge >= 0.3 is 10.1 Å². The molecule has 0 saturated heterocycles. The van der Waals surface area contributed by atoms with Gasteiger partial charge in [0.05, 0.1) is 13.3 Å². The fourth-order valence-corrected chi connectivity index (χ4v) is 4.86. The summed E-state index contributed by atoms with van der Waals surface area (Å²) < 4.78 is 36.7. The van der Waals surface area contributed by atoms with Crippen LogP contribution in [0.3, 0.4) is 0 Å². The van der Waals surface area contributed by atoms with E-state index in [4.69, 9.17) is 8.92 Å². The highest BCUT2D eigenvalue weighted by Gasteiger charge is 2.21. The molecule has 4 aromatic rings. The Kier molecular flexibility index (Phi) is 7.61. The summed E-state index contributed by atoms with van der Waals surface area (Å²) in [5, 5.41) is 8.76. The minimum absolute atomic E-state index is 0.0910. The van der Waals surface area contributed by atoms with Crippen molar-refractivity contribution in [1.29, 1.82) is 0 Å². The molecule has 0 spiro atoms. The molecule has 36 heavy (non-hydrogen) atoms. The lowest BCUT2D eigenvalue weighted by molar-refractivity contribution is 0.390. The van der Waals surface area contributed by atoms with Gasteiger partial charge in [0.2, 0.25) is 0 Å². The van der Waals surface area contributed by atoms with Gasteiger partial charge in [-0.2, -0.15) is 13.5 Å². The second-order valence-corrected chi connectivity index (χ2v) is 9.66. The van der Waals surface area contributed by atoms with E-state index >= 15 is 0 Å². The van der Waals surface area contributed by atoms with Gasteiger partial charge in [0.15, 0.2) is 11.5 Å². The lowest BCUT2D eigenvalue weighted by atomic mass is 10.0. The number of hydrogen-bond acceptors (Lipinski definition) is 6. The van der Waals surface area contributed by atoms with Crippen molar-refractivity contribution in [2.24, 2.45) is 10.2 Å². The second-order valence-electron chi connectivity index (χ2n) is 8.14. The lowest BCUT2D eigenvalue weighted by Crippen LogP contribution is -2.12. The summed E-state index contributed by atoms with van der Waals surface area (Å²) >= 11 is 0. The second kappa shape index (κ2) is 11.0. The van der Waals surface area contributed by atoms with E-state index < -0.39 is 10.1 Å². The predicted molar refractivity (Wildman–Crippen MR) is 143 cm³/mol. The molecule has 0 bridgehead atoms. The number of aryl methyl sites for hydroxylation is 2. The zero-order chi connectivity index (χ0) is 25.5. The van der Waals surface area contributed by atoms with Gasteiger partial charge in [-0.15, -0.1) is 5.10 Å². The summed E-state index contributed by atoms with van der Waals surface area (Å²) in [6.07, 6.45) is 1.58. The fraction of sp³-hybridized carbons (Fsp3) is 0.103. The molecule has 0 amide bonds. The highest BCUT2D eigenvalue weighted by atomic mass is 32.2. The molecule has 0 saturated carbocycles. The zero-order valence-electron chi connectivity index (χ0n) is 20.3. The van der Waals surface area contributed by atoms with E-state index in [0.717, 1.165) is 22.4 Å². The number of rotatable bonds is 8. The molecule has 0 heterocycles. The summed E-state index contributed by atoms with van der Waals surface area (Å²) in [4.78, 5) is 0.124. The van der Waals surface area contributed by atoms with Gasteiger partial charge in [0.1, 0.15) is 10.6 Å². The molecule has 0 aliphatic heterocycles. The van der Waals surface area contributed by atoms with Crippen LogP contribution in [0.1, 0.15) is 27.8 Å². The Hall–Kier alpha value is -4.23. The first-order valence-corrected chi connectivity index (χ1v) is 12.7. The molecule has 7 heteroatoms. The van der Waals surface area contributed by atoms with Crippen molar-refractivity contribution >= 4 is 22.0 Å². The summed E-state index contributed by atoms with van der Waals surface area (Å²) in [6, 6.07) is 29.7. The van der Waals surface area contributed by atoms with Gasteiger partial charge in [-0.1, -0.05) is 72.8 Å². The van der Waals surface area contributed by atoms with E-state index in [0.29, 0.717) is 11.1 Å². The number of benzene rings is 4. The van der Waals surface area contributed by atoms with Crippen LogP contribution in [-0.2, 0) is 10.1 Å². The average molecular weight is 499 g/mol. The average Bonchev–Trinajstić information content (AvgIpc) is 2.89. The van der Waals surface area contributed by atoms with Gasteiger partial charge in [0.25, 0.3) is 0 Å². The van der Waals surface area contributed by atoms with Crippen LogP contribution in [0, 0.1) is 13.8 Å². The maximum Gasteiger partial charge on any atom is 0.339 e. The Bertz CT molecular complexity index is 1470. The normalized spacial score (nSPS) is 11.3. The van der Waals surface area contributed by atoms with E-state index in [1.54, 1.807) is 43.5 Å². The molecule has 0 unspecified atom stereocenters. The minimum Gasteiger partial charge on any atom is -0.493 e. The monoisotopic (exact) mass is 498 g/mol. The van der Waals surface area contributed by atoms with Crippen LogP contribution in [0.25, 0.3) is 0 Å². The highest BCUT2D eigenvalue weighted by molar-refractivity contribution is 7.87. The van der Waals surface area contributed by atoms with E-state index in [-0.39, 0.29) is 16.4 Å². The van der Waals surface area contributed by atoms with Crippen molar-refractivity contribution in [3.05, 3.63) is 125 Å². The quantitative estimate of drug-likeness (QED) is 0.171. The molecular weight excluding hydrogens is 472 g/mol. The Labute approximate surface area is 211 Å². The van der Waals surface area contributed by atoms with Crippen LogP contribution in [-0.4, -0.2) is 27.5 Å². The van der Waals surface area contributed by atoms with Gasteiger partial charge in [-0.25, -0.2) is 0 Å². The first-order chi connectivity index (χ1) is 17.4. The third-order valence-electron chi connectivity index (χ3n) is 5.46. The molecule has 4 rings (SSSR count). The first-order valence-electron chi connectivity index (χ1n) is 11.3. The van der Waals surface area contributed by atoms with E-state index in [9.17, 15) is 8.42 Å². The Morgan fingerprint density at radius 3 is 2.03 bits per heavy atom. The van der Waals surface area contributed by atoms with Crippen molar-refractivity contribution in [3.63, 3.8) is 0 Å². The lowest BCUT2D eigenvalue weighted by Gasteiger charge is -2.13. The molecule has 0 N–H and O–H groups in total. The number of nitrogens with zero attached hydrogens (tertiary/aromatic N) is 2. The third-order valence-corrected chi connectivity index (χ3v) is 6.84. The topological polar surface area (TPSA) is 77.3 Å². The maximum atomic E-state index is 12.9. The summed E-state index contributed by atoms with van der Waals surface area (Å²) in [7, 11) is -2.58. The predicted octanol–water partition coefficient (Wildman–Crippen LogP) is 5.95. The summed E-state index contributed by atoms with van der Waals surface area (Å²) in [6.45, 7) is 3.56. The standard InChI is InChI=1S/C29H26N2O4S/c1-21-14-15-22(2)28(18-21)36(32,33)35-26-17-16-23(19-27(26)34-3)20-30-31-29(24-10-6-4-7-11-24)25-12-8-5-9-13-25/h4-20H,1-3H3. The molecule has 4 aromatic carbocycles. The smallest absolute Gasteiger partial charge is 0.339 e. The molecular formula is C29H26N2O4S. The van der Waals surface area contributed by atoms with Crippen molar-refractivity contribution in [1.82, 2.24) is 0 Å². The molecule has 0 aliphatic rings. The highest BCUT2D eigenvalue weighted by Crippen LogP contribution is 2.31. The van der Waals surface area contributed by atoms with Gasteiger partial charge < -0.3 is 8.92 Å². The molecule has 0 radical (unpaired) electrons. The molecule has 0 atom stereocenters. The summed E-state index contributed by atoms with van der Waals surface area (Å²) in [5.74, 6) is 0.358. The third kappa shape index (κ3) is 5.87. The molecule has 0 aromatic heterocycles. The van der Waals surface area contributed by atoms with Crippen molar-refractivity contribution in [2.75, 3.05) is 7.11 Å². The SMILES string of the molecule is COc1cc(C=NN=C(c2ccccc2)c2ccccc2)ccc1OS(=O)(=O)c1cc(C)ccc1C. The number of ether oxygens (including phenoxy) is 1. The number of hydrogen-bond donors (Lipinski definition) is 0. The van der Waals surface area contributed by atoms with Gasteiger partial charge in [-0.3, -0.25) is 0 Å². The van der Waals surface area contributed by atoms with Crippen LogP contribution < -0.4 is 8.92 Å². The zero-order valence-corrected chi connectivity index (χ0v) is 21.1. The first kappa shape index (κ1) is 24.9. The van der Waals surface area contributed by atoms with Crippen LogP contribution in [0.4, 0.5) is 0 Å². The van der Waals surface area contributed by atoms with E-state index in [2.05, 4.69) is 10.2 Å². The fourth-order valence-electron chi connectivity index (χ4n) is 3.60. The molecule has 6 nitrogen and oxygen atoms in total. The van der Waals surface area contributed by atoms with Crippen LogP contribution in [0.2, 0.25) is 0 Å². The van der Waals surface area contributed by atoms with Crippen LogP contribution in [0.5, 0.6) is 11.5 Å². The van der Waals surface area contributed by atoms with Gasteiger partial charge in [0, 0.05) is 11.1 Å². The van der Waals surface area contributed by atoms with Crippen LogP contribution >= 0.6 is 0 Å². The largest absolute Gasteiger partial charge is 0.493 e. The van der Waals surface area contributed by atoms with E-state index in [1.165, 1.54) is 7.11 Å². The maximum absolute atomic E-state index is 12.9. The van der Waals surface area contributed by atoms with Crippen LogP contribution in [0.15, 0.2) is 112 Å².